The number of aliphatic hydroxyl groups excluding tert-OH is 1. The molecule has 0 bridgehead atoms. The first-order valence-electron chi connectivity index (χ1n) is 4.19. The smallest absolute Gasteiger partial charge is 0.454 e. The Labute approximate surface area is 77.2 Å². The number of rotatable bonds is 6. The van der Waals surface area contributed by atoms with Crippen molar-refractivity contribution >= 4 is 13.1 Å². The highest BCUT2D eigenvalue weighted by atomic mass is 16.4. The van der Waals surface area contributed by atoms with Gasteiger partial charge in [-0.2, -0.15) is 0 Å². The molecule has 0 aliphatic rings. The van der Waals surface area contributed by atoms with Crippen LogP contribution in [0.5, 0.6) is 0 Å². The maximum atomic E-state index is 10.1. The van der Waals surface area contributed by atoms with Crippen molar-refractivity contribution < 1.29 is 25.1 Å². The minimum atomic E-state index is -1.41. The minimum absolute atomic E-state index is 0.269. The Kier molecular flexibility index (Phi) is 5.69. The van der Waals surface area contributed by atoms with Gasteiger partial charge in [-0.1, -0.05) is 6.92 Å². The van der Waals surface area contributed by atoms with E-state index in [9.17, 15) is 4.79 Å². The molecule has 0 aromatic heterocycles. The standard InChI is InChI=1S/C7H15BO5/c1-5(8(12)13)2-3-6(9)4-7(10)11/h5-6,9,12-13H,2-4H2,1H3,(H,10,11)/t5?,6-/m1/s1. The van der Waals surface area contributed by atoms with Crippen molar-refractivity contribution in [3.05, 3.63) is 0 Å². The van der Waals surface area contributed by atoms with Crippen LogP contribution in [-0.2, 0) is 4.79 Å². The van der Waals surface area contributed by atoms with Gasteiger partial charge < -0.3 is 20.3 Å². The van der Waals surface area contributed by atoms with Crippen LogP contribution in [0.4, 0.5) is 0 Å². The van der Waals surface area contributed by atoms with Crippen LogP contribution in [0.3, 0.4) is 0 Å². The summed E-state index contributed by atoms with van der Waals surface area (Å²) in [7, 11) is -1.41. The maximum absolute atomic E-state index is 10.1. The first-order valence-corrected chi connectivity index (χ1v) is 4.19. The van der Waals surface area contributed by atoms with E-state index in [4.69, 9.17) is 20.3 Å². The summed E-state index contributed by atoms with van der Waals surface area (Å²) in [5, 5.41) is 34.8. The number of carboxylic acid groups (broad SMARTS) is 1. The number of hydrogen-bond donors (Lipinski definition) is 4. The number of hydrogen-bond acceptors (Lipinski definition) is 4. The van der Waals surface area contributed by atoms with Gasteiger partial charge in [-0.25, -0.2) is 0 Å². The fourth-order valence-electron chi connectivity index (χ4n) is 0.908. The van der Waals surface area contributed by atoms with Crippen LogP contribution in [0.15, 0.2) is 0 Å². The van der Waals surface area contributed by atoms with Gasteiger partial charge in [0.25, 0.3) is 0 Å². The van der Waals surface area contributed by atoms with Gasteiger partial charge in [0, 0.05) is 0 Å². The minimum Gasteiger partial charge on any atom is -0.481 e. The Bertz CT molecular complexity index is 161. The molecule has 0 radical (unpaired) electrons. The highest BCUT2D eigenvalue weighted by Gasteiger charge is 2.19. The Morgan fingerprint density at radius 3 is 2.31 bits per heavy atom. The summed E-state index contributed by atoms with van der Waals surface area (Å²) >= 11 is 0. The molecule has 0 aromatic rings. The second-order valence-corrected chi connectivity index (χ2v) is 3.22. The molecular formula is C7H15BO5. The van der Waals surface area contributed by atoms with Crippen molar-refractivity contribution in [3.63, 3.8) is 0 Å². The predicted molar refractivity (Wildman–Crippen MR) is 47.1 cm³/mol. The van der Waals surface area contributed by atoms with Crippen molar-refractivity contribution in [1.82, 2.24) is 0 Å². The van der Waals surface area contributed by atoms with E-state index in [2.05, 4.69) is 0 Å². The highest BCUT2D eigenvalue weighted by Crippen LogP contribution is 2.15. The van der Waals surface area contributed by atoms with Crippen molar-refractivity contribution in [2.75, 3.05) is 0 Å². The molecule has 0 rings (SSSR count). The molecule has 4 N–H and O–H groups in total. The molecule has 13 heavy (non-hydrogen) atoms. The molecule has 0 saturated carbocycles. The number of carbonyl (C=O) groups is 1. The predicted octanol–water partition coefficient (Wildman–Crippen LogP) is -0.535. The van der Waals surface area contributed by atoms with Gasteiger partial charge in [-0.05, 0) is 18.7 Å². The fraction of sp³-hybridized carbons (Fsp3) is 0.857. The summed E-state index contributed by atoms with van der Waals surface area (Å²) in [5.41, 5.74) is 0. The summed E-state index contributed by atoms with van der Waals surface area (Å²) in [6.07, 6.45) is -0.537. The van der Waals surface area contributed by atoms with Crippen LogP contribution in [0, 0.1) is 0 Å². The average molecular weight is 190 g/mol. The Hall–Kier alpha value is -0.585. The van der Waals surface area contributed by atoms with Crippen molar-refractivity contribution in [2.24, 2.45) is 0 Å². The second-order valence-electron chi connectivity index (χ2n) is 3.22. The van der Waals surface area contributed by atoms with Gasteiger partial charge in [0.1, 0.15) is 0 Å². The quantitative estimate of drug-likeness (QED) is 0.422. The van der Waals surface area contributed by atoms with Gasteiger partial charge >= 0.3 is 13.1 Å². The lowest BCUT2D eigenvalue weighted by Crippen LogP contribution is -2.20. The number of aliphatic carboxylic acids is 1. The van der Waals surface area contributed by atoms with Gasteiger partial charge in [-0.3, -0.25) is 4.79 Å². The SMILES string of the molecule is CC(CC[C@@H](O)CC(=O)O)B(O)O. The molecule has 0 fully saturated rings. The van der Waals surface area contributed by atoms with Crippen molar-refractivity contribution in [3.8, 4) is 0 Å². The molecular weight excluding hydrogens is 175 g/mol. The normalized spacial score (nSPS) is 15.1. The average Bonchev–Trinajstić information content (AvgIpc) is 1.98. The molecule has 0 aromatic carbocycles. The molecule has 0 amide bonds. The third-order valence-electron chi connectivity index (χ3n) is 1.87. The lowest BCUT2D eigenvalue weighted by molar-refractivity contribution is -0.139. The number of aliphatic hydroxyl groups is 1. The van der Waals surface area contributed by atoms with Crippen LogP contribution in [0.1, 0.15) is 26.2 Å². The van der Waals surface area contributed by atoms with Crippen LogP contribution in [0.25, 0.3) is 0 Å². The van der Waals surface area contributed by atoms with Crippen LogP contribution < -0.4 is 0 Å². The Morgan fingerprint density at radius 1 is 1.38 bits per heavy atom. The molecule has 2 atom stereocenters. The zero-order valence-electron chi connectivity index (χ0n) is 7.55. The van der Waals surface area contributed by atoms with Gasteiger partial charge in [0.05, 0.1) is 12.5 Å². The van der Waals surface area contributed by atoms with Gasteiger partial charge in [-0.15, -0.1) is 0 Å². The molecule has 0 heterocycles. The van der Waals surface area contributed by atoms with Crippen LogP contribution >= 0.6 is 0 Å². The van der Waals surface area contributed by atoms with Crippen molar-refractivity contribution in [2.45, 2.75) is 38.1 Å². The zero-order chi connectivity index (χ0) is 10.4. The molecule has 1 unspecified atom stereocenters. The van der Waals surface area contributed by atoms with E-state index in [-0.39, 0.29) is 18.7 Å². The van der Waals surface area contributed by atoms with E-state index >= 15 is 0 Å². The lowest BCUT2D eigenvalue weighted by Gasteiger charge is -2.12. The summed E-state index contributed by atoms with van der Waals surface area (Å²) in [6, 6.07) is 0. The third-order valence-corrected chi connectivity index (χ3v) is 1.87. The van der Waals surface area contributed by atoms with Crippen LogP contribution in [0.2, 0.25) is 5.82 Å². The van der Waals surface area contributed by atoms with E-state index in [1.807, 2.05) is 0 Å². The van der Waals surface area contributed by atoms with E-state index in [0.29, 0.717) is 6.42 Å². The first kappa shape index (κ1) is 12.4. The molecule has 0 aliphatic heterocycles. The summed E-state index contributed by atoms with van der Waals surface area (Å²) in [4.78, 5) is 10.1. The maximum Gasteiger partial charge on any atom is 0.454 e. The molecule has 5 nitrogen and oxygen atoms in total. The Balaban J connectivity index is 3.57. The fourth-order valence-corrected chi connectivity index (χ4v) is 0.908. The van der Waals surface area contributed by atoms with Crippen molar-refractivity contribution in [1.29, 1.82) is 0 Å². The molecule has 6 heteroatoms. The summed E-state index contributed by atoms with van der Waals surface area (Å²) < 4.78 is 0. The third kappa shape index (κ3) is 6.56. The molecule has 0 saturated heterocycles. The monoisotopic (exact) mass is 190 g/mol. The van der Waals surface area contributed by atoms with E-state index in [1.54, 1.807) is 6.92 Å². The molecule has 76 valence electrons. The zero-order valence-corrected chi connectivity index (χ0v) is 7.55. The lowest BCUT2D eigenvalue weighted by atomic mass is 9.71. The number of carboxylic acids is 1. The van der Waals surface area contributed by atoms with E-state index in [1.165, 1.54) is 0 Å². The van der Waals surface area contributed by atoms with Gasteiger partial charge in [0.15, 0.2) is 0 Å². The molecule has 0 spiro atoms. The van der Waals surface area contributed by atoms with E-state index < -0.39 is 19.2 Å². The topological polar surface area (TPSA) is 98.0 Å². The van der Waals surface area contributed by atoms with Crippen LogP contribution in [-0.4, -0.2) is 39.5 Å². The molecule has 0 aliphatic carbocycles. The highest BCUT2D eigenvalue weighted by molar-refractivity contribution is 6.42. The van der Waals surface area contributed by atoms with Gasteiger partial charge in [0.2, 0.25) is 0 Å². The Morgan fingerprint density at radius 2 is 1.92 bits per heavy atom. The largest absolute Gasteiger partial charge is 0.481 e. The second kappa shape index (κ2) is 5.96. The first-order chi connectivity index (χ1) is 5.93. The van der Waals surface area contributed by atoms with E-state index in [0.717, 1.165) is 0 Å². The summed E-state index contributed by atoms with van der Waals surface area (Å²) in [6.45, 7) is 1.62. The summed E-state index contributed by atoms with van der Waals surface area (Å²) in [5.74, 6) is -1.40.